The van der Waals surface area contributed by atoms with Crippen LogP contribution in [-0.4, -0.2) is 48.8 Å². The van der Waals surface area contributed by atoms with Gasteiger partial charge in [-0.2, -0.15) is 0 Å². The number of rotatable bonds is 5. The van der Waals surface area contributed by atoms with Crippen molar-refractivity contribution in [2.45, 2.75) is 57.2 Å². The second-order valence-corrected chi connectivity index (χ2v) is 5.12. The van der Waals surface area contributed by atoms with E-state index in [2.05, 4.69) is 31.2 Å². The minimum absolute atomic E-state index is 0.124. The highest BCUT2D eigenvalue weighted by Crippen LogP contribution is 2.18. The van der Waals surface area contributed by atoms with Gasteiger partial charge in [0.15, 0.2) is 0 Å². The minimum Gasteiger partial charge on any atom is -0.392 e. The van der Waals surface area contributed by atoms with Gasteiger partial charge in [-0.1, -0.05) is 12.8 Å². The Morgan fingerprint density at radius 2 is 2.00 bits per heavy atom. The largest absolute Gasteiger partial charge is 0.392 e. The van der Waals surface area contributed by atoms with Crippen LogP contribution in [0.1, 0.15) is 39.0 Å². The molecule has 1 rings (SSSR count). The zero-order chi connectivity index (χ0) is 11.3. The first kappa shape index (κ1) is 12.9. The lowest BCUT2D eigenvalue weighted by molar-refractivity contribution is 0.0848. The highest BCUT2D eigenvalue weighted by molar-refractivity contribution is 4.82. The third kappa shape index (κ3) is 4.96. The molecule has 3 heteroatoms. The van der Waals surface area contributed by atoms with Crippen LogP contribution >= 0.6 is 0 Å². The second kappa shape index (κ2) is 6.46. The maximum atomic E-state index is 9.82. The second-order valence-electron chi connectivity index (χ2n) is 5.12. The number of aliphatic hydroxyl groups is 1. The fraction of sp³-hybridized carbons (Fsp3) is 1.00. The molecule has 1 aliphatic rings. The molecule has 0 aromatic carbocycles. The molecule has 0 amide bonds. The maximum absolute atomic E-state index is 9.82. The molecule has 1 aliphatic carbocycles. The zero-order valence-electron chi connectivity index (χ0n) is 10.4. The molecular formula is C12H26N2O. The molecule has 1 fully saturated rings. The van der Waals surface area contributed by atoms with Gasteiger partial charge < -0.3 is 15.3 Å². The molecule has 0 aromatic heterocycles. The van der Waals surface area contributed by atoms with Crippen LogP contribution in [0.5, 0.6) is 0 Å². The first-order valence-electron chi connectivity index (χ1n) is 6.18. The minimum atomic E-state index is -0.124. The van der Waals surface area contributed by atoms with Crippen molar-refractivity contribution >= 4 is 0 Å². The summed E-state index contributed by atoms with van der Waals surface area (Å²) in [5.41, 5.74) is 0. The zero-order valence-corrected chi connectivity index (χ0v) is 10.4. The molecule has 1 saturated carbocycles. The molecule has 0 bridgehead atoms. The summed E-state index contributed by atoms with van der Waals surface area (Å²) in [4.78, 5) is 2.20. The topological polar surface area (TPSA) is 35.5 Å². The summed E-state index contributed by atoms with van der Waals surface area (Å²) in [5, 5.41) is 13.4. The highest BCUT2D eigenvalue weighted by Gasteiger charge is 2.23. The van der Waals surface area contributed by atoms with Crippen molar-refractivity contribution in [3.8, 4) is 0 Å². The van der Waals surface area contributed by atoms with Crippen LogP contribution in [0.3, 0.4) is 0 Å². The maximum Gasteiger partial charge on any atom is 0.0693 e. The molecule has 90 valence electrons. The van der Waals surface area contributed by atoms with Gasteiger partial charge in [-0.05, 0) is 46.8 Å². The molecule has 0 aromatic rings. The van der Waals surface area contributed by atoms with Crippen molar-refractivity contribution in [1.29, 1.82) is 0 Å². The average Bonchev–Trinajstić information content (AvgIpc) is 2.18. The van der Waals surface area contributed by atoms with Crippen molar-refractivity contribution in [2.24, 2.45) is 0 Å². The van der Waals surface area contributed by atoms with Crippen LogP contribution < -0.4 is 5.32 Å². The van der Waals surface area contributed by atoms with E-state index in [9.17, 15) is 5.11 Å². The Bertz CT molecular complexity index is 173. The van der Waals surface area contributed by atoms with Crippen molar-refractivity contribution in [3.63, 3.8) is 0 Å². The Morgan fingerprint density at radius 3 is 2.60 bits per heavy atom. The molecule has 0 heterocycles. The Kier molecular flexibility index (Phi) is 5.58. The Balaban J connectivity index is 2.20. The SMILES string of the molecule is CC(CCN(C)C)N[C@H]1CCCC[C@@H]1O. The van der Waals surface area contributed by atoms with Gasteiger partial charge in [0.1, 0.15) is 0 Å². The van der Waals surface area contributed by atoms with E-state index in [4.69, 9.17) is 0 Å². The Morgan fingerprint density at radius 1 is 1.33 bits per heavy atom. The highest BCUT2D eigenvalue weighted by atomic mass is 16.3. The van der Waals surface area contributed by atoms with Gasteiger partial charge in [0.2, 0.25) is 0 Å². The lowest BCUT2D eigenvalue weighted by atomic mass is 9.92. The van der Waals surface area contributed by atoms with Crippen LogP contribution in [-0.2, 0) is 0 Å². The molecular weight excluding hydrogens is 188 g/mol. The standard InChI is InChI=1S/C12H26N2O/c1-10(8-9-14(2)3)13-11-6-4-5-7-12(11)15/h10-13,15H,4-9H2,1-3H3/t10?,11-,12-/m0/s1. The van der Waals surface area contributed by atoms with E-state index in [1.165, 1.54) is 12.8 Å². The number of nitrogens with one attached hydrogen (secondary N) is 1. The van der Waals surface area contributed by atoms with Gasteiger partial charge in [-0.3, -0.25) is 0 Å². The van der Waals surface area contributed by atoms with Gasteiger partial charge in [0, 0.05) is 12.1 Å². The number of hydrogen-bond donors (Lipinski definition) is 2. The van der Waals surface area contributed by atoms with Crippen LogP contribution in [0, 0.1) is 0 Å². The first-order valence-corrected chi connectivity index (χ1v) is 6.18. The first-order chi connectivity index (χ1) is 7.09. The molecule has 3 nitrogen and oxygen atoms in total. The molecule has 0 radical (unpaired) electrons. The summed E-state index contributed by atoms with van der Waals surface area (Å²) in [6, 6.07) is 0.834. The third-order valence-electron chi connectivity index (χ3n) is 3.24. The van der Waals surface area contributed by atoms with E-state index in [0.29, 0.717) is 12.1 Å². The van der Waals surface area contributed by atoms with Crippen molar-refractivity contribution in [1.82, 2.24) is 10.2 Å². The van der Waals surface area contributed by atoms with E-state index in [1.54, 1.807) is 0 Å². The van der Waals surface area contributed by atoms with E-state index < -0.39 is 0 Å². The molecule has 2 N–H and O–H groups in total. The van der Waals surface area contributed by atoms with Gasteiger partial charge in [-0.15, -0.1) is 0 Å². The van der Waals surface area contributed by atoms with Crippen molar-refractivity contribution in [2.75, 3.05) is 20.6 Å². The summed E-state index contributed by atoms with van der Waals surface area (Å²) in [7, 11) is 4.20. The Labute approximate surface area is 93.9 Å². The quantitative estimate of drug-likeness (QED) is 0.722. The molecule has 0 spiro atoms. The molecule has 0 saturated heterocycles. The number of nitrogens with zero attached hydrogens (tertiary/aromatic N) is 1. The van der Waals surface area contributed by atoms with Gasteiger partial charge >= 0.3 is 0 Å². The van der Waals surface area contributed by atoms with Crippen LogP contribution in [0.25, 0.3) is 0 Å². The third-order valence-corrected chi connectivity index (χ3v) is 3.24. The molecule has 3 atom stereocenters. The van der Waals surface area contributed by atoms with Crippen molar-refractivity contribution in [3.05, 3.63) is 0 Å². The smallest absolute Gasteiger partial charge is 0.0693 e. The summed E-state index contributed by atoms with van der Waals surface area (Å²) in [5.74, 6) is 0. The fourth-order valence-electron chi connectivity index (χ4n) is 2.21. The predicted octanol–water partition coefficient (Wildman–Crippen LogP) is 1.22. The van der Waals surface area contributed by atoms with E-state index in [0.717, 1.165) is 25.8 Å². The summed E-state index contributed by atoms with van der Waals surface area (Å²) in [6.07, 6.45) is 5.57. The predicted molar refractivity (Wildman–Crippen MR) is 64.0 cm³/mol. The average molecular weight is 214 g/mol. The van der Waals surface area contributed by atoms with Gasteiger partial charge in [0.25, 0.3) is 0 Å². The molecule has 15 heavy (non-hydrogen) atoms. The summed E-state index contributed by atoms with van der Waals surface area (Å²) in [6.45, 7) is 3.32. The van der Waals surface area contributed by atoms with E-state index >= 15 is 0 Å². The Hall–Kier alpha value is -0.120. The molecule has 1 unspecified atom stereocenters. The van der Waals surface area contributed by atoms with Crippen LogP contribution in [0.4, 0.5) is 0 Å². The molecule has 0 aliphatic heterocycles. The van der Waals surface area contributed by atoms with Crippen LogP contribution in [0.15, 0.2) is 0 Å². The monoisotopic (exact) mass is 214 g/mol. The number of aliphatic hydroxyl groups excluding tert-OH is 1. The normalized spacial score (nSPS) is 29.4. The van der Waals surface area contributed by atoms with Gasteiger partial charge in [0.05, 0.1) is 6.10 Å². The van der Waals surface area contributed by atoms with E-state index in [1.807, 2.05) is 0 Å². The lowest BCUT2D eigenvalue weighted by Gasteiger charge is -2.31. The van der Waals surface area contributed by atoms with Gasteiger partial charge in [-0.25, -0.2) is 0 Å². The van der Waals surface area contributed by atoms with Crippen molar-refractivity contribution < 1.29 is 5.11 Å². The fourth-order valence-corrected chi connectivity index (χ4v) is 2.21. The number of hydrogen-bond acceptors (Lipinski definition) is 3. The summed E-state index contributed by atoms with van der Waals surface area (Å²) >= 11 is 0. The van der Waals surface area contributed by atoms with E-state index in [-0.39, 0.29) is 6.10 Å². The summed E-state index contributed by atoms with van der Waals surface area (Å²) < 4.78 is 0. The lowest BCUT2D eigenvalue weighted by Crippen LogP contribution is -2.46. The van der Waals surface area contributed by atoms with Crippen LogP contribution in [0.2, 0.25) is 0 Å².